The lowest BCUT2D eigenvalue weighted by molar-refractivity contribution is -0.118. The molecule has 40 heavy (non-hydrogen) atoms. The molecule has 0 bridgehead atoms. The molecule has 1 heterocycles. The molecule has 0 aromatic heterocycles. The first kappa shape index (κ1) is 25.7. The molecule has 1 aliphatic carbocycles. The zero-order valence-electron chi connectivity index (χ0n) is 22.7. The fourth-order valence-electron chi connectivity index (χ4n) is 6.10. The van der Waals surface area contributed by atoms with Crippen LogP contribution in [-0.4, -0.2) is 26.0 Å². The van der Waals surface area contributed by atoms with Crippen LogP contribution in [0.15, 0.2) is 91.0 Å². The molecule has 0 fully saturated rings. The number of nitrogens with one attached hydrogen (secondary N) is 1. The Bertz CT molecular complexity index is 1550. The number of fused-ring (bicyclic) bond motifs is 2. The summed E-state index contributed by atoms with van der Waals surface area (Å²) >= 11 is 0. The summed E-state index contributed by atoms with van der Waals surface area (Å²) < 4.78 is 10.8. The molecule has 1 aliphatic heterocycles. The Balaban J connectivity index is 1.50. The van der Waals surface area contributed by atoms with Crippen molar-refractivity contribution in [1.82, 2.24) is 0 Å². The molecule has 4 aromatic rings. The number of rotatable bonds is 6. The van der Waals surface area contributed by atoms with Crippen LogP contribution in [0, 0.1) is 0 Å². The number of carbonyl (C=O) groups is 2. The van der Waals surface area contributed by atoms with Gasteiger partial charge in [-0.25, -0.2) is 0 Å². The van der Waals surface area contributed by atoms with Crippen LogP contribution in [-0.2, 0) is 17.6 Å². The second-order valence-corrected chi connectivity index (χ2v) is 10.3. The minimum Gasteiger partial charge on any atom is -0.497 e. The van der Waals surface area contributed by atoms with Gasteiger partial charge in [0.1, 0.15) is 11.5 Å². The van der Waals surface area contributed by atoms with Gasteiger partial charge in [-0.05, 0) is 96.5 Å². The molecule has 0 radical (unpaired) electrons. The van der Waals surface area contributed by atoms with Crippen LogP contribution in [0.25, 0.3) is 0 Å². The van der Waals surface area contributed by atoms with E-state index < -0.39 is 12.0 Å². The Morgan fingerprint density at radius 2 is 1.48 bits per heavy atom. The van der Waals surface area contributed by atoms with Gasteiger partial charge in [0.15, 0.2) is 0 Å². The summed E-state index contributed by atoms with van der Waals surface area (Å²) in [4.78, 5) is 30.3. The van der Waals surface area contributed by atoms with Crippen LogP contribution in [0.4, 0.5) is 11.4 Å². The third kappa shape index (κ3) is 4.60. The highest BCUT2D eigenvalue weighted by atomic mass is 16.5. The molecule has 0 saturated carbocycles. The topological polar surface area (TPSA) is 67.9 Å². The molecular formula is C34H32N2O4. The van der Waals surface area contributed by atoms with E-state index in [9.17, 15) is 9.59 Å². The molecule has 202 valence electrons. The van der Waals surface area contributed by atoms with Crippen LogP contribution in [0.1, 0.15) is 57.4 Å². The highest BCUT2D eigenvalue weighted by Crippen LogP contribution is 2.46. The highest BCUT2D eigenvalue weighted by molar-refractivity contribution is 6.12. The molecule has 2 atom stereocenters. The number of aryl methyl sites for hydroxylation is 1. The van der Waals surface area contributed by atoms with E-state index in [2.05, 4.69) is 11.4 Å². The van der Waals surface area contributed by atoms with Crippen LogP contribution in [0.3, 0.4) is 0 Å². The van der Waals surface area contributed by atoms with Crippen molar-refractivity contribution in [2.75, 3.05) is 24.4 Å². The van der Waals surface area contributed by atoms with Gasteiger partial charge < -0.3 is 14.8 Å². The van der Waals surface area contributed by atoms with E-state index in [4.69, 9.17) is 9.47 Å². The molecule has 0 spiro atoms. The average Bonchev–Trinajstić information content (AvgIpc) is 3.01. The summed E-state index contributed by atoms with van der Waals surface area (Å²) in [6.45, 7) is 0. The van der Waals surface area contributed by atoms with Crippen molar-refractivity contribution in [3.63, 3.8) is 0 Å². The molecule has 6 nitrogen and oxygen atoms in total. The Morgan fingerprint density at radius 1 is 0.800 bits per heavy atom. The zero-order chi connectivity index (χ0) is 27.6. The third-order valence-electron chi connectivity index (χ3n) is 8.08. The molecule has 1 N–H and O–H groups in total. The number of hydrogen-bond donors (Lipinski definition) is 1. The Morgan fingerprint density at radius 3 is 2.20 bits per heavy atom. The van der Waals surface area contributed by atoms with Crippen molar-refractivity contribution in [3.8, 4) is 11.5 Å². The Hall–Kier alpha value is -4.58. The van der Waals surface area contributed by atoms with Crippen molar-refractivity contribution in [2.24, 2.45) is 0 Å². The maximum atomic E-state index is 14.4. The Labute approximate surface area is 234 Å². The third-order valence-corrected chi connectivity index (χ3v) is 8.08. The maximum absolute atomic E-state index is 14.4. The van der Waals surface area contributed by atoms with E-state index >= 15 is 0 Å². The number of benzene rings is 4. The molecule has 2 amide bonds. The molecule has 2 aliphatic rings. The van der Waals surface area contributed by atoms with Gasteiger partial charge in [-0.1, -0.05) is 42.5 Å². The summed E-state index contributed by atoms with van der Waals surface area (Å²) in [5.74, 6) is 0.460. The van der Waals surface area contributed by atoms with Crippen molar-refractivity contribution < 1.29 is 19.1 Å². The summed E-state index contributed by atoms with van der Waals surface area (Å²) in [5.41, 5.74) is 6.16. The van der Waals surface area contributed by atoms with E-state index in [1.54, 1.807) is 19.1 Å². The van der Waals surface area contributed by atoms with E-state index in [0.29, 0.717) is 22.7 Å². The van der Waals surface area contributed by atoms with Gasteiger partial charge in [-0.2, -0.15) is 0 Å². The van der Waals surface area contributed by atoms with Gasteiger partial charge >= 0.3 is 0 Å². The summed E-state index contributed by atoms with van der Waals surface area (Å²) in [7, 11) is 3.23. The van der Waals surface area contributed by atoms with Gasteiger partial charge in [0.2, 0.25) is 5.91 Å². The molecule has 6 rings (SSSR count). The van der Waals surface area contributed by atoms with Crippen LogP contribution < -0.4 is 19.7 Å². The second kappa shape index (κ2) is 10.9. The summed E-state index contributed by atoms with van der Waals surface area (Å²) in [6, 6.07) is 28.0. The Kier molecular flexibility index (Phi) is 6.99. The number of nitrogens with zero attached hydrogens (tertiary/aromatic N) is 1. The normalized spacial score (nSPS) is 17.9. The van der Waals surface area contributed by atoms with Crippen molar-refractivity contribution in [1.29, 1.82) is 0 Å². The number of ether oxygens (including phenoxy) is 2. The molecule has 0 unspecified atom stereocenters. The summed E-state index contributed by atoms with van der Waals surface area (Å²) in [5, 5.41) is 3.29. The number of anilines is 2. The molecule has 4 aromatic carbocycles. The number of carbonyl (C=O) groups excluding carboxylic acids is 2. The number of methoxy groups -OCH3 is 2. The fraction of sp³-hybridized carbons (Fsp3) is 0.235. The minimum absolute atomic E-state index is 0.141. The maximum Gasteiger partial charge on any atom is 0.259 e. The molecular weight excluding hydrogens is 500 g/mol. The van der Waals surface area contributed by atoms with Crippen molar-refractivity contribution in [2.45, 2.75) is 37.6 Å². The van der Waals surface area contributed by atoms with Crippen molar-refractivity contribution in [3.05, 3.63) is 119 Å². The number of amides is 2. The van der Waals surface area contributed by atoms with Gasteiger partial charge in [-0.3, -0.25) is 14.5 Å². The summed E-state index contributed by atoms with van der Waals surface area (Å²) in [6.07, 6.45) is 4.25. The van der Waals surface area contributed by atoms with Gasteiger partial charge in [-0.15, -0.1) is 0 Å². The minimum atomic E-state index is -0.649. The van der Waals surface area contributed by atoms with E-state index in [1.165, 1.54) is 17.5 Å². The van der Waals surface area contributed by atoms with Crippen molar-refractivity contribution >= 4 is 23.2 Å². The fourth-order valence-corrected chi connectivity index (χ4v) is 6.10. The largest absolute Gasteiger partial charge is 0.497 e. The lowest BCUT2D eigenvalue weighted by atomic mass is 9.78. The predicted molar refractivity (Wildman–Crippen MR) is 156 cm³/mol. The monoisotopic (exact) mass is 532 g/mol. The van der Waals surface area contributed by atoms with E-state index in [1.807, 2.05) is 84.9 Å². The van der Waals surface area contributed by atoms with Gasteiger partial charge in [0, 0.05) is 16.9 Å². The van der Waals surface area contributed by atoms with Gasteiger partial charge in [0.25, 0.3) is 5.91 Å². The first-order chi connectivity index (χ1) is 19.6. The highest BCUT2D eigenvalue weighted by Gasteiger charge is 2.45. The predicted octanol–water partition coefficient (Wildman–Crippen LogP) is 6.71. The smallest absolute Gasteiger partial charge is 0.259 e. The average molecular weight is 533 g/mol. The molecule has 6 heteroatoms. The quantitative estimate of drug-likeness (QED) is 0.300. The lowest BCUT2D eigenvalue weighted by Crippen LogP contribution is -2.46. The van der Waals surface area contributed by atoms with E-state index in [-0.39, 0.29) is 11.8 Å². The molecule has 0 saturated heterocycles. The number of hydrogen-bond acceptors (Lipinski definition) is 4. The standard InChI is InChI=1S/C34H32N2O4/c1-39-25-18-14-23(15-19-25)32-31(33(37)35-30-13-7-9-22-8-3-4-10-27(22)30)28-11-5-6-12-29(28)34(38)36(32)24-16-20-26(40-2)21-17-24/h5-7,9,11-21,31-32H,3-4,8,10H2,1-2H3,(H,35,37)/t31-,32+/m1/s1. The van der Waals surface area contributed by atoms with Crippen LogP contribution in [0.5, 0.6) is 11.5 Å². The van der Waals surface area contributed by atoms with Crippen LogP contribution in [0.2, 0.25) is 0 Å². The first-order valence-electron chi connectivity index (χ1n) is 13.7. The van der Waals surface area contributed by atoms with E-state index in [0.717, 1.165) is 36.1 Å². The lowest BCUT2D eigenvalue weighted by Gasteiger charge is -2.42. The van der Waals surface area contributed by atoms with Crippen LogP contribution >= 0.6 is 0 Å². The van der Waals surface area contributed by atoms with Gasteiger partial charge in [0.05, 0.1) is 26.2 Å². The SMILES string of the molecule is COc1ccc([C@H]2[C@H](C(=O)Nc3cccc4c3CCCC4)c3ccccc3C(=O)N2c2ccc(OC)cc2)cc1. The first-order valence-corrected chi connectivity index (χ1v) is 13.7. The zero-order valence-corrected chi connectivity index (χ0v) is 22.7. The second-order valence-electron chi connectivity index (χ2n) is 10.3.